The summed E-state index contributed by atoms with van der Waals surface area (Å²) >= 11 is 0. The van der Waals surface area contributed by atoms with Gasteiger partial charge in [0.05, 0.1) is 12.2 Å². The van der Waals surface area contributed by atoms with Gasteiger partial charge in [-0.2, -0.15) is 13.2 Å². The third-order valence-corrected chi connectivity index (χ3v) is 3.10. The number of hydrogen-bond acceptors (Lipinski definition) is 2. The van der Waals surface area contributed by atoms with Gasteiger partial charge in [0, 0.05) is 0 Å². The molecule has 0 fully saturated rings. The number of nitrogens with one attached hydrogen (secondary N) is 1. The number of halogens is 3. The Balaban J connectivity index is 2.13. The van der Waals surface area contributed by atoms with Gasteiger partial charge in [-0.05, 0) is 50.6 Å². The van der Waals surface area contributed by atoms with Crippen molar-refractivity contribution < 1.29 is 17.9 Å². The van der Waals surface area contributed by atoms with Crippen LogP contribution in [0.3, 0.4) is 0 Å². The van der Waals surface area contributed by atoms with Crippen LogP contribution in [0.1, 0.15) is 44.6 Å². The summed E-state index contributed by atoms with van der Waals surface area (Å²) in [6.07, 6.45) is 0.971. The lowest BCUT2D eigenvalue weighted by atomic mass is 10.2. The van der Waals surface area contributed by atoms with E-state index in [-0.39, 0.29) is 5.75 Å². The van der Waals surface area contributed by atoms with Crippen LogP contribution in [0.4, 0.5) is 13.2 Å². The Morgan fingerprint density at radius 3 is 2.52 bits per heavy atom. The normalized spacial score (nSPS) is 11.6. The molecule has 0 aliphatic rings. The molecule has 2 nitrogen and oxygen atoms in total. The summed E-state index contributed by atoms with van der Waals surface area (Å²) in [5.74, 6) is 0.287. The third-order valence-electron chi connectivity index (χ3n) is 3.10. The highest BCUT2D eigenvalue weighted by atomic mass is 19.4. The lowest BCUT2D eigenvalue weighted by molar-refractivity contribution is -0.137. The molecule has 0 heterocycles. The summed E-state index contributed by atoms with van der Waals surface area (Å²) in [7, 11) is 0. The molecule has 1 aromatic carbocycles. The standard InChI is InChI=1S/C16H24F3NO/c1-2-10-20-11-5-3-4-6-12-21-15-9-7-8-14(13-15)16(17,18)19/h7-9,13,20H,2-6,10-12H2,1H3. The van der Waals surface area contributed by atoms with E-state index < -0.39 is 11.7 Å². The number of rotatable bonds is 10. The zero-order chi connectivity index (χ0) is 15.6. The predicted molar refractivity (Wildman–Crippen MR) is 78.6 cm³/mol. The third kappa shape index (κ3) is 7.95. The fraction of sp³-hybridized carbons (Fsp3) is 0.625. The molecule has 0 aromatic heterocycles. The van der Waals surface area contributed by atoms with Crippen molar-refractivity contribution >= 4 is 0 Å². The summed E-state index contributed by atoms with van der Waals surface area (Å²) in [4.78, 5) is 0. The first-order chi connectivity index (χ1) is 10.0. The van der Waals surface area contributed by atoms with Crippen LogP contribution >= 0.6 is 0 Å². The molecule has 0 saturated heterocycles. The molecule has 0 atom stereocenters. The molecule has 0 unspecified atom stereocenters. The summed E-state index contributed by atoms with van der Waals surface area (Å²) in [6.45, 7) is 4.68. The van der Waals surface area contributed by atoms with Gasteiger partial charge in [-0.1, -0.05) is 25.8 Å². The molecule has 0 aliphatic carbocycles. The topological polar surface area (TPSA) is 21.3 Å². The Labute approximate surface area is 124 Å². The fourth-order valence-corrected chi connectivity index (χ4v) is 1.96. The second-order valence-corrected chi connectivity index (χ2v) is 5.04. The van der Waals surface area contributed by atoms with Crippen LogP contribution < -0.4 is 10.1 Å². The summed E-state index contributed by atoms with van der Waals surface area (Å²) < 4.78 is 42.9. The number of alkyl halides is 3. The number of unbranched alkanes of at least 4 members (excludes halogenated alkanes) is 3. The highest BCUT2D eigenvalue weighted by Crippen LogP contribution is 2.31. The van der Waals surface area contributed by atoms with Crippen LogP contribution in [0.25, 0.3) is 0 Å². The van der Waals surface area contributed by atoms with Crippen LogP contribution in [-0.4, -0.2) is 19.7 Å². The highest BCUT2D eigenvalue weighted by molar-refractivity contribution is 5.30. The van der Waals surface area contributed by atoms with Crippen molar-refractivity contribution in [1.82, 2.24) is 5.32 Å². The molecule has 1 aromatic rings. The average Bonchev–Trinajstić information content (AvgIpc) is 2.45. The fourth-order valence-electron chi connectivity index (χ4n) is 1.96. The van der Waals surface area contributed by atoms with E-state index in [4.69, 9.17) is 4.74 Å². The van der Waals surface area contributed by atoms with E-state index in [0.29, 0.717) is 6.61 Å². The molecule has 0 amide bonds. The number of ether oxygens (including phenoxy) is 1. The second kappa shape index (κ2) is 9.66. The van der Waals surface area contributed by atoms with Crippen LogP contribution in [0.2, 0.25) is 0 Å². The largest absolute Gasteiger partial charge is 0.494 e. The number of hydrogen-bond donors (Lipinski definition) is 1. The number of benzene rings is 1. The van der Waals surface area contributed by atoms with Gasteiger partial charge in [0.1, 0.15) is 5.75 Å². The molecule has 21 heavy (non-hydrogen) atoms. The molecule has 1 rings (SSSR count). The first-order valence-electron chi connectivity index (χ1n) is 7.55. The zero-order valence-corrected chi connectivity index (χ0v) is 12.5. The maximum absolute atomic E-state index is 12.5. The van der Waals surface area contributed by atoms with E-state index in [1.54, 1.807) is 6.07 Å². The van der Waals surface area contributed by atoms with Gasteiger partial charge in [0.15, 0.2) is 0 Å². The van der Waals surface area contributed by atoms with Crippen molar-refractivity contribution in [3.05, 3.63) is 29.8 Å². The predicted octanol–water partition coefficient (Wildman–Crippen LogP) is 4.64. The van der Waals surface area contributed by atoms with Crippen LogP contribution in [0, 0.1) is 0 Å². The van der Waals surface area contributed by atoms with E-state index in [0.717, 1.165) is 57.3 Å². The first-order valence-corrected chi connectivity index (χ1v) is 7.55. The lowest BCUT2D eigenvalue weighted by Gasteiger charge is -2.10. The van der Waals surface area contributed by atoms with Crippen molar-refractivity contribution in [2.45, 2.75) is 45.2 Å². The van der Waals surface area contributed by atoms with Gasteiger partial charge in [-0.15, -0.1) is 0 Å². The molecule has 5 heteroatoms. The van der Waals surface area contributed by atoms with Crippen LogP contribution in [0.5, 0.6) is 5.75 Å². The van der Waals surface area contributed by atoms with E-state index in [1.165, 1.54) is 6.07 Å². The molecule has 1 N–H and O–H groups in total. The highest BCUT2D eigenvalue weighted by Gasteiger charge is 2.30. The molecule has 0 saturated carbocycles. The van der Waals surface area contributed by atoms with Gasteiger partial charge in [-0.25, -0.2) is 0 Å². The van der Waals surface area contributed by atoms with Gasteiger partial charge in [-0.3, -0.25) is 0 Å². The molecule has 120 valence electrons. The molecule has 0 radical (unpaired) electrons. The Morgan fingerprint density at radius 2 is 1.81 bits per heavy atom. The van der Waals surface area contributed by atoms with Crippen molar-refractivity contribution in [1.29, 1.82) is 0 Å². The van der Waals surface area contributed by atoms with Crippen molar-refractivity contribution in [3.8, 4) is 5.75 Å². The van der Waals surface area contributed by atoms with E-state index >= 15 is 0 Å². The van der Waals surface area contributed by atoms with Crippen molar-refractivity contribution in [2.24, 2.45) is 0 Å². The van der Waals surface area contributed by atoms with Gasteiger partial charge < -0.3 is 10.1 Å². The molecule has 0 spiro atoms. The Hall–Kier alpha value is -1.23. The second-order valence-electron chi connectivity index (χ2n) is 5.04. The van der Waals surface area contributed by atoms with Gasteiger partial charge in [0.25, 0.3) is 0 Å². The first kappa shape index (κ1) is 17.8. The quantitative estimate of drug-likeness (QED) is 0.636. The SMILES string of the molecule is CCCNCCCCCCOc1cccc(C(F)(F)F)c1. The smallest absolute Gasteiger partial charge is 0.416 e. The molecule has 0 aliphatic heterocycles. The van der Waals surface area contributed by atoms with Crippen molar-refractivity contribution in [3.63, 3.8) is 0 Å². The van der Waals surface area contributed by atoms with Gasteiger partial charge >= 0.3 is 6.18 Å². The van der Waals surface area contributed by atoms with E-state index in [2.05, 4.69) is 12.2 Å². The molecular formula is C16H24F3NO. The average molecular weight is 303 g/mol. The Bertz CT molecular complexity index is 393. The minimum atomic E-state index is -4.31. The van der Waals surface area contributed by atoms with Gasteiger partial charge in [0.2, 0.25) is 0 Å². The molecular weight excluding hydrogens is 279 g/mol. The lowest BCUT2D eigenvalue weighted by Crippen LogP contribution is -2.15. The monoisotopic (exact) mass is 303 g/mol. The maximum atomic E-state index is 12.5. The van der Waals surface area contributed by atoms with Crippen molar-refractivity contribution in [2.75, 3.05) is 19.7 Å². The van der Waals surface area contributed by atoms with Crippen LogP contribution in [-0.2, 0) is 6.18 Å². The molecule has 0 bridgehead atoms. The minimum absolute atomic E-state index is 0.287. The summed E-state index contributed by atoms with van der Waals surface area (Å²) in [5.41, 5.74) is -0.665. The van der Waals surface area contributed by atoms with Crippen LogP contribution in [0.15, 0.2) is 24.3 Å². The maximum Gasteiger partial charge on any atom is 0.416 e. The Kier molecular flexibility index (Phi) is 8.20. The zero-order valence-electron chi connectivity index (χ0n) is 12.5. The summed E-state index contributed by atoms with van der Waals surface area (Å²) in [5, 5.41) is 3.33. The van der Waals surface area contributed by atoms with E-state index in [1.807, 2.05) is 0 Å². The minimum Gasteiger partial charge on any atom is -0.494 e. The van der Waals surface area contributed by atoms with E-state index in [9.17, 15) is 13.2 Å². The summed E-state index contributed by atoms with van der Waals surface area (Å²) in [6, 6.07) is 5.03. The Morgan fingerprint density at radius 1 is 1.05 bits per heavy atom.